The first-order valence-corrected chi connectivity index (χ1v) is 10.0. The first-order chi connectivity index (χ1) is 11.3. The molecule has 0 N–H and O–H groups in total. The SMILES string of the molecule is CC1=CC(C)=C(c2ccc3ccccc3[c]2[Ti+2][O]CC(C)(C)C)C1.[Cl-].[Cl-]. The van der Waals surface area contributed by atoms with E-state index in [2.05, 4.69) is 77.1 Å². The zero-order valence-corrected chi connectivity index (χ0v) is 19.2. The Labute approximate surface area is 179 Å². The van der Waals surface area contributed by atoms with E-state index in [1.807, 2.05) is 0 Å². The van der Waals surface area contributed by atoms with Gasteiger partial charge in [0.15, 0.2) is 0 Å². The van der Waals surface area contributed by atoms with Crippen LogP contribution in [0.3, 0.4) is 0 Å². The summed E-state index contributed by atoms with van der Waals surface area (Å²) in [6.07, 6.45) is 3.40. The number of hydrogen-bond acceptors (Lipinski definition) is 1. The van der Waals surface area contributed by atoms with Gasteiger partial charge in [0, 0.05) is 0 Å². The molecule has 0 unspecified atom stereocenters. The zero-order valence-electron chi connectivity index (χ0n) is 16.1. The molecular weight excluding hydrogens is 399 g/mol. The van der Waals surface area contributed by atoms with Crippen LogP contribution in [0.2, 0.25) is 0 Å². The third-order valence-corrected chi connectivity index (χ3v) is 5.94. The quantitative estimate of drug-likeness (QED) is 0.610. The predicted molar refractivity (Wildman–Crippen MR) is 100.0 cm³/mol. The molecule has 0 atom stereocenters. The minimum Gasteiger partial charge on any atom is -1.00 e. The van der Waals surface area contributed by atoms with E-state index in [1.165, 1.54) is 36.9 Å². The molecule has 0 fully saturated rings. The van der Waals surface area contributed by atoms with Crippen LogP contribution in [0, 0.1) is 5.41 Å². The van der Waals surface area contributed by atoms with Crippen LogP contribution < -0.4 is 28.7 Å². The van der Waals surface area contributed by atoms with Gasteiger partial charge in [0.2, 0.25) is 0 Å². The van der Waals surface area contributed by atoms with Gasteiger partial charge in [-0.1, -0.05) is 0 Å². The van der Waals surface area contributed by atoms with Crippen LogP contribution in [0.15, 0.2) is 53.6 Å². The first kappa shape index (κ1) is 23.5. The second-order valence-electron chi connectivity index (χ2n) is 7.99. The summed E-state index contributed by atoms with van der Waals surface area (Å²) in [6, 6.07) is 13.3. The average Bonchev–Trinajstić information content (AvgIpc) is 2.84. The molecule has 2 aromatic rings. The predicted octanol–water partition coefficient (Wildman–Crippen LogP) is -0.343. The molecule has 0 bridgehead atoms. The Morgan fingerprint density at radius 3 is 2.31 bits per heavy atom. The second kappa shape index (κ2) is 9.58. The van der Waals surface area contributed by atoms with Crippen LogP contribution in [0.5, 0.6) is 0 Å². The van der Waals surface area contributed by atoms with Crippen molar-refractivity contribution in [2.24, 2.45) is 5.41 Å². The normalized spacial score (nSPS) is 13.8. The maximum atomic E-state index is 6.24. The van der Waals surface area contributed by atoms with E-state index in [0.29, 0.717) is 0 Å². The number of rotatable bonds is 4. The second-order valence-corrected chi connectivity index (χ2v) is 9.54. The van der Waals surface area contributed by atoms with Crippen molar-refractivity contribution in [1.82, 2.24) is 0 Å². The van der Waals surface area contributed by atoms with E-state index in [0.717, 1.165) is 13.0 Å². The summed E-state index contributed by atoms with van der Waals surface area (Å²) in [4.78, 5) is 0. The molecule has 0 heterocycles. The van der Waals surface area contributed by atoms with E-state index in [4.69, 9.17) is 3.32 Å². The summed E-state index contributed by atoms with van der Waals surface area (Å²) >= 11 is -0.628. The summed E-state index contributed by atoms with van der Waals surface area (Å²) in [5.74, 6) is 0. The van der Waals surface area contributed by atoms with Gasteiger partial charge in [-0.25, -0.2) is 0 Å². The standard InChI is InChI=1S/C17H15.C5H11O.2ClH.Ti/c1-12-9-13(2)17(10-12)16-8-7-14-5-3-4-6-15(14)11-16;1-5(2,3)4-6;;;/h3-9H,10H2,1-2H3;4H2,1-3H3;2*1H;/q;-1;;;+3/p-2. The monoisotopic (exact) mass is 424 g/mol. The van der Waals surface area contributed by atoms with Gasteiger partial charge in [-0.15, -0.1) is 0 Å². The molecule has 3 rings (SSSR count). The van der Waals surface area contributed by atoms with Crippen molar-refractivity contribution in [1.29, 1.82) is 0 Å². The summed E-state index contributed by atoms with van der Waals surface area (Å²) < 4.78 is 7.69. The minimum absolute atomic E-state index is 0. The Morgan fingerprint density at radius 2 is 1.69 bits per heavy atom. The molecule has 0 saturated carbocycles. The fourth-order valence-electron chi connectivity index (χ4n) is 3.19. The summed E-state index contributed by atoms with van der Waals surface area (Å²) in [7, 11) is 0. The van der Waals surface area contributed by atoms with Gasteiger partial charge in [0.25, 0.3) is 0 Å². The van der Waals surface area contributed by atoms with Gasteiger partial charge in [0.1, 0.15) is 0 Å². The summed E-state index contributed by atoms with van der Waals surface area (Å²) in [5.41, 5.74) is 5.97. The largest absolute Gasteiger partial charge is 1.00 e. The number of halogens is 2. The van der Waals surface area contributed by atoms with Crippen molar-refractivity contribution in [3.05, 3.63) is 59.2 Å². The summed E-state index contributed by atoms with van der Waals surface area (Å²) in [6.45, 7) is 12.0. The Balaban J connectivity index is 0.00000169. The Bertz CT molecular complexity index is 832. The molecule has 1 nitrogen and oxygen atoms in total. The molecule has 1 aliphatic carbocycles. The van der Waals surface area contributed by atoms with E-state index >= 15 is 0 Å². The van der Waals surface area contributed by atoms with Gasteiger partial charge < -0.3 is 24.8 Å². The van der Waals surface area contributed by atoms with E-state index < -0.39 is 19.5 Å². The van der Waals surface area contributed by atoms with Crippen molar-refractivity contribution in [3.63, 3.8) is 0 Å². The molecule has 4 heteroatoms. The molecule has 0 saturated heterocycles. The Kier molecular flexibility index (Phi) is 8.65. The maximum absolute atomic E-state index is 6.24. The topological polar surface area (TPSA) is 9.23 Å². The smallest absolute Gasteiger partial charge is 1.00 e. The fraction of sp³-hybridized carbons (Fsp3) is 0.364. The van der Waals surface area contributed by atoms with Crippen LogP contribution in [0.25, 0.3) is 16.3 Å². The molecule has 0 radical (unpaired) electrons. The molecular formula is C22H26Cl2OTi. The molecule has 0 aromatic heterocycles. The molecule has 2 aromatic carbocycles. The van der Waals surface area contributed by atoms with E-state index in [9.17, 15) is 0 Å². The van der Waals surface area contributed by atoms with Gasteiger partial charge in [-0.05, 0) is 0 Å². The van der Waals surface area contributed by atoms with E-state index in [1.54, 1.807) is 0 Å². The van der Waals surface area contributed by atoms with Crippen LogP contribution in [-0.4, -0.2) is 6.61 Å². The van der Waals surface area contributed by atoms with Gasteiger partial charge in [0.05, 0.1) is 0 Å². The van der Waals surface area contributed by atoms with Crippen molar-refractivity contribution in [2.75, 3.05) is 6.61 Å². The molecule has 26 heavy (non-hydrogen) atoms. The van der Waals surface area contributed by atoms with Gasteiger partial charge in [-0.3, -0.25) is 0 Å². The molecule has 0 aliphatic heterocycles. The van der Waals surface area contributed by atoms with Gasteiger partial charge >= 0.3 is 155 Å². The third kappa shape index (κ3) is 5.47. The van der Waals surface area contributed by atoms with Crippen molar-refractivity contribution >= 4 is 20.2 Å². The number of fused-ring (bicyclic) bond motifs is 1. The van der Waals surface area contributed by atoms with Crippen molar-refractivity contribution in [3.8, 4) is 0 Å². The molecule has 0 spiro atoms. The molecule has 0 amide bonds. The maximum Gasteiger partial charge on any atom is -1.00 e. The number of hydrogen-bond donors (Lipinski definition) is 0. The van der Waals surface area contributed by atoms with E-state index in [-0.39, 0.29) is 30.2 Å². The summed E-state index contributed by atoms with van der Waals surface area (Å²) in [5, 5.41) is 2.69. The van der Waals surface area contributed by atoms with Crippen molar-refractivity contribution in [2.45, 2.75) is 41.0 Å². The average molecular weight is 425 g/mol. The Hall–Kier alpha value is -0.566. The molecule has 138 valence electrons. The number of benzene rings is 2. The van der Waals surface area contributed by atoms with Gasteiger partial charge in [-0.2, -0.15) is 0 Å². The first-order valence-electron chi connectivity index (χ1n) is 8.62. The zero-order chi connectivity index (χ0) is 17.3. The number of allylic oxidation sites excluding steroid dienone is 4. The van der Waals surface area contributed by atoms with Crippen LogP contribution >= 0.6 is 0 Å². The minimum atomic E-state index is -0.628. The Morgan fingerprint density at radius 1 is 1.00 bits per heavy atom. The molecule has 1 aliphatic rings. The van der Waals surface area contributed by atoms with Crippen LogP contribution in [0.1, 0.15) is 46.6 Å². The fourth-order valence-corrected chi connectivity index (χ4v) is 5.27. The van der Waals surface area contributed by atoms with Crippen LogP contribution in [-0.2, 0) is 22.9 Å². The van der Waals surface area contributed by atoms with Crippen molar-refractivity contribution < 1.29 is 47.7 Å². The third-order valence-electron chi connectivity index (χ3n) is 4.33. The van der Waals surface area contributed by atoms with Crippen LogP contribution in [0.4, 0.5) is 0 Å².